The molecule has 2 aromatic rings. The first-order chi connectivity index (χ1) is 13.3. The molecule has 2 rings (SSSR count). The third kappa shape index (κ3) is 6.75. The van der Waals surface area contributed by atoms with Gasteiger partial charge >= 0.3 is 12.4 Å². The molecule has 29 heavy (non-hydrogen) atoms. The van der Waals surface area contributed by atoms with Crippen molar-refractivity contribution in [3.63, 3.8) is 0 Å². The van der Waals surface area contributed by atoms with E-state index in [1.807, 2.05) is 0 Å². The molecule has 0 fully saturated rings. The molecule has 2 N–H and O–H groups in total. The molecule has 12 heteroatoms. The Kier molecular flexibility index (Phi) is 6.58. The molecule has 0 aliphatic carbocycles. The number of carbonyl (C=O) groups is 1. The molecule has 0 spiro atoms. The van der Waals surface area contributed by atoms with Crippen molar-refractivity contribution in [3.8, 4) is 0 Å². The normalized spacial score (nSPS) is 12.6. The summed E-state index contributed by atoms with van der Waals surface area (Å²) in [6.07, 6.45) is -9.16. The average Bonchev–Trinajstić information content (AvgIpc) is 2.63. The first-order valence-corrected chi connectivity index (χ1v) is 9.37. The highest BCUT2D eigenvalue weighted by Crippen LogP contribution is 2.29. The van der Waals surface area contributed by atoms with E-state index in [1.54, 1.807) is 5.32 Å². The maximum atomic E-state index is 12.7. The van der Waals surface area contributed by atoms with Gasteiger partial charge in [-0.05, 0) is 35.9 Å². The summed E-state index contributed by atoms with van der Waals surface area (Å²) in [6.45, 7) is -1.95. The van der Waals surface area contributed by atoms with Crippen LogP contribution in [0.5, 0.6) is 0 Å². The standard InChI is InChI=1S/C17H14F6N2O3S/c18-16(19,20)10-24-15(26)12-4-6-14(7-5-12)29(27,28)25-9-11-2-1-3-13(8-11)17(21,22)23/h1-8,25H,9-10H2,(H,24,26). The van der Waals surface area contributed by atoms with Crippen LogP contribution in [0.3, 0.4) is 0 Å². The van der Waals surface area contributed by atoms with Crippen molar-refractivity contribution in [3.05, 3.63) is 65.2 Å². The maximum Gasteiger partial charge on any atom is 0.416 e. The second kappa shape index (κ2) is 8.41. The van der Waals surface area contributed by atoms with Crippen molar-refractivity contribution in [2.24, 2.45) is 0 Å². The first kappa shape index (κ1) is 22.7. The predicted molar refractivity (Wildman–Crippen MR) is 90.3 cm³/mol. The number of rotatable bonds is 6. The Balaban J connectivity index is 2.05. The van der Waals surface area contributed by atoms with E-state index in [0.717, 1.165) is 42.5 Å². The van der Waals surface area contributed by atoms with Crippen LogP contribution in [0.25, 0.3) is 0 Å². The monoisotopic (exact) mass is 440 g/mol. The molecule has 0 radical (unpaired) electrons. The van der Waals surface area contributed by atoms with E-state index in [2.05, 4.69) is 4.72 Å². The number of benzene rings is 2. The quantitative estimate of drug-likeness (QED) is 0.676. The van der Waals surface area contributed by atoms with E-state index >= 15 is 0 Å². The van der Waals surface area contributed by atoms with Crippen LogP contribution >= 0.6 is 0 Å². The number of nitrogens with one attached hydrogen (secondary N) is 2. The third-order valence-electron chi connectivity index (χ3n) is 3.60. The van der Waals surface area contributed by atoms with Crippen LogP contribution in [0.2, 0.25) is 0 Å². The summed E-state index contributed by atoms with van der Waals surface area (Å²) < 4.78 is 101. The molecular formula is C17H14F6N2O3S. The van der Waals surface area contributed by atoms with Crippen molar-refractivity contribution < 1.29 is 39.6 Å². The number of alkyl halides is 6. The maximum absolute atomic E-state index is 12.7. The zero-order chi connectivity index (χ0) is 21.9. The zero-order valence-electron chi connectivity index (χ0n) is 14.4. The van der Waals surface area contributed by atoms with Crippen molar-refractivity contribution in [2.75, 3.05) is 6.54 Å². The first-order valence-electron chi connectivity index (χ1n) is 7.89. The van der Waals surface area contributed by atoms with Gasteiger partial charge in [0.2, 0.25) is 10.0 Å². The molecule has 0 bridgehead atoms. The summed E-state index contributed by atoms with van der Waals surface area (Å²) in [4.78, 5) is 11.3. The molecule has 5 nitrogen and oxygen atoms in total. The molecule has 0 aliphatic rings. The lowest BCUT2D eigenvalue weighted by Gasteiger charge is -2.11. The lowest BCUT2D eigenvalue weighted by molar-refractivity contribution is -0.137. The van der Waals surface area contributed by atoms with Gasteiger partial charge < -0.3 is 5.32 Å². The minimum absolute atomic E-state index is 0.0755. The number of hydrogen-bond acceptors (Lipinski definition) is 3. The van der Waals surface area contributed by atoms with Crippen molar-refractivity contribution in [1.29, 1.82) is 0 Å². The summed E-state index contributed by atoms with van der Waals surface area (Å²) in [7, 11) is -4.13. The highest BCUT2D eigenvalue weighted by atomic mass is 32.2. The van der Waals surface area contributed by atoms with Crippen LogP contribution in [-0.4, -0.2) is 27.0 Å². The molecule has 1 amide bonds. The van der Waals surface area contributed by atoms with Crippen LogP contribution in [-0.2, 0) is 22.7 Å². The number of carbonyl (C=O) groups excluding carboxylic acids is 1. The second-order valence-electron chi connectivity index (χ2n) is 5.84. The Morgan fingerprint density at radius 2 is 1.55 bits per heavy atom. The molecule has 0 atom stereocenters. The molecule has 0 aromatic heterocycles. The van der Waals surface area contributed by atoms with Crippen molar-refractivity contribution in [2.45, 2.75) is 23.8 Å². The van der Waals surface area contributed by atoms with Crippen LogP contribution in [0, 0.1) is 0 Å². The van der Waals surface area contributed by atoms with E-state index in [9.17, 15) is 39.6 Å². The van der Waals surface area contributed by atoms with Gasteiger partial charge in [0.05, 0.1) is 10.5 Å². The Labute approximate surface area is 161 Å². The molecular weight excluding hydrogens is 426 g/mol. The summed E-state index contributed by atoms with van der Waals surface area (Å²) >= 11 is 0. The third-order valence-corrected chi connectivity index (χ3v) is 5.01. The molecule has 0 unspecified atom stereocenters. The van der Waals surface area contributed by atoms with Crippen molar-refractivity contribution in [1.82, 2.24) is 10.0 Å². The highest BCUT2D eigenvalue weighted by Gasteiger charge is 2.30. The summed E-state index contributed by atoms with van der Waals surface area (Å²) in [5.41, 5.74) is -1.04. The van der Waals surface area contributed by atoms with E-state index in [0.29, 0.717) is 0 Å². The fourth-order valence-electron chi connectivity index (χ4n) is 2.19. The predicted octanol–water partition coefficient (Wildman–Crippen LogP) is 3.48. The smallest absolute Gasteiger partial charge is 0.343 e. The Bertz CT molecular complexity index is 970. The van der Waals surface area contributed by atoms with E-state index in [1.165, 1.54) is 6.07 Å². The van der Waals surface area contributed by atoms with E-state index in [4.69, 9.17) is 0 Å². The largest absolute Gasteiger partial charge is 0.416 e. The number of hydrogen-bond donors (Lipinski definition) is 2. The molecule has 0 aliphatic heterocycles. The lowest BCUT2D eigenvalue weighted by atomic mass is 10.1. The molecule has 0 saturated carbocycles. The molecule has 158 valence electrons. The molecule has 0 heterocycles. The fraction of sp³-hybridized carbons (Fsp3) is 0.235. The lowest BCUT2D eigenvalue weighted by Crippen LogP contribution is -2.33. The topological polar surface area (TPSA) is 75.3 Å². The summed E-state index contributed by atoms with van der Waals surface area (Å²) in [5.74, 6) is -1.04. The van der Waals surface area contributed by atoms with Gasteiger partial charge in [0.25, 0.3) is 5.91 Å². The van der Waals surface area contributed by atoms with Gasteiger partial charge in [-0.2, -0.15) is 26.3 Å². The minimum atomic E-state index is -4.59. The van der Waals surface area contributed by atoms with Crippen molar-refractivity contribution >= 4 is 15.9 Å². The van der Waals surface area contributed by atoms with Gasteiger partial charge in [-0.3, -0.25) is 4.79 Å². The Morgan fingerprint density at radius 3 is 2.10 bits per heavy atom. The zero-order valence-corrected chi connectivity index (χ0v) is 15.3. The van der Waals surface area contributed by atoms with Crippen LogP contribution in [0.15, 0.2) is 53.4 Å². The van der Waals surface area contributed by atoms with Gasteiger partial charge in [-0.25, -0.2) is 13.1 Å². The van der Waals surface area contributed by atoms with Crippen LogP contribution in [0.1, 0.15) is 21.5 Å². The summed E-state index contributed by atoms with van der Waals surface area (Å²) in [5, 5.41) is 1.64. The van der Waals surface area contributed by atoms with Crippen LogP contribution in [0.4, 0.5) is 26.3 Å². The van der Waals surface area contributed by atoms with Crippen LogP contribution < -0.4 is 10.0 Å². The summed E-state index contributed by atoms with van der Waals surface area (Å²) in [6, 6.07) is 8.13. The average molecular weight is 440 g/mol. The second-order valence-corrected chi connectivity index (χ2v) is 7.61. The van der Waals surface area contributed by atoms with Gasteiger partial charge in [-0.1, -0.05) is 18.2 Å². The van der Waals surface area contributed by atoms with Gasteiger partial charge in [0.1, 0.15) is 6.54 Å². The number of halogens is 6. The SMILES string of the molecule is O=C(NCC(F)(F)F)c1ccc(S(=O)(=O)NCc2cccc(C(F)(F)F)c2)cc1. The number of sulfonamides is 1. The molecule has 2 aromatic carbocycles. The number of amides is 1. The fourth-order valence-corrected chi connectivity index (χ4v) is 3.21. The van der Waals surface area contributed by atoms with Gasteiger partial charge in [0.15, 0.2) is 0 Å². The van der Waals surface area contributed by atoms with Gasteiger partial charge in [-0.15, -0.1) is 0 Å². The minimum Gasteiger partial charge on any atom is -0.343 e. The van der Waals surface area contributed by atoms with Gasteiger partial charge in [0, 0.05) is 12.1 Å². The van der Waals surface area contributed by atoms with E-state index < -0.39 is 46.9 Å². The Hall–Kier alpha value is -2.60. The Morgan fingerprint density at radius 1 is 0.931 bits per heavy atom. The van der Waals surface area contributed by atoms with E-state index in [-0.39, 0.29) is 16.0 Å². The molecule has 0 saturated heterocycles. The highest BCUT2D eigenvalue weighted by molar-refractivity contribution is 7.89.